The van der Waals surface area contributed by atoms with Crippen LogP contribution < -0.4 is 0 Å². The molecule has 0 amide bonds. The van der Waals surface area contributed by atoms with Gasteiger partial charge in [0.05, 0.1) is 17.4 Å². The van der Waals surface area contributed by atoms with Crippen molar-refractivity contribution in [3.8, 4) is 0 Å². The average Bonchev–Trinajstić information content (AvgIpc) is 2.68. The van der Waals surface area contributed by atoms with Gasteiger partial charge in [0, 0.05) is 29.5 Å². The molecule has 2 rings (SSSR count). The van der Waals surface area contributed by atoms with Gasteiger partial charge in [0.15, 0.2) is 5.78 Å². The highest BCUT2D eigenvalue weighted by atomic mass is 32.2. The molecule has 0 saturated carbocycles. The standard InChI is InChI=1S/C11H17N3OS2/c1-7-8(2)17-11(6-16-7)10(15)4-9-5-14(3)13-12-9/h5,7-8,11H,4,6H2,1-3H3. The third kappa shape index (κ3) is 3.25. The monoisotopic (exact) mass is 271 g/mol. The first kappa shape index (κ1) is 13.0. The highest BCUT2D eigenvalue weighted by molar-refractivity contribution is 8.08. The van der Waals surface area contributed by atoms with Gasteiger partial charge in [0.1, 0.15) is 0 Å². The van der Waals surface area contributed by atoms with E-state index in [4.69, 9.17) is 0 Å². The Labute approximate surface area is 110 Å². The largest absolute Gasteiger partial charge is 0.298 e. The number of thioether (sulfide) groups is 2. The summed E-state index contributed by atoms with van der Waals surface area (Å²) in [6.45, 7) is 4.43. The van der Waals surface area contributed by atoms with E-state index in [-0.39, 0.29) is 11.0 Å². The lowest BCUT2D eigenvalue weighted by Gasteiger charge is -2.30. The summed E-state index contributed by atoms with van der Waals surface area (Å²) in [5.74, 6) is 1.21. The maximum Gasteiger partial charge on any atom is 0.152 e. The molecule has 0 aromatic carbocycles. The predicted octanol–water partition coefficient (Wildman–Crippen LogP) is 1.55. The number of rotatable bonds is 3. The molecular weight excluding hydrogens is 254 g/mol. The van der Waals surface area contributed by atoms with Crippen molar-refractivity contribution in [3.05, 3.63) is 11.9 Å². The van der Waals surface area contributed by atoms with Crippen molar-refractivity contribution < 1.29 is 4.79 Å². The quantitative estimate of drug-likeness (QED) is 0.835. The minimum Gasteiger partial charge on any atom is -0.298 e. The van der Waals surface area contributed by atoms with Crippen molar-refractivity contribution in [1.82, 2.24) is 15.0 Å². The number of carbonyl (C=O) groups excluding carboxylic acids is 1. The summed E-state index contributed by atoms with van der Waals surface area (Å²) in [4.78, 5) is 12.1. The van der Waals surface area contributed by atoms with Crippen LogP contribution in [0.1, 0.15) is 19.5 Å². The molecule has 1 aliphatic heterocycles. The fourth-order valence-corrected chi connectivity index (χ4v) is 4.61. The number of hydrogen-bond acceptors (Lipinski definition) is 5. The number of carbonyl (C=O) groups is 1. The molecule has 2 heterocycles. The Morgan fingerprint density at radius 1 is 1.53 bits per heavy atom. The maximum atomic E-state index is 12.1. The number of Topliss-reactive ketones (excluding diaryl/α,β-unsaturated/α-hetero) is 1. The Bertz CT molecular complexity index is 407. The fourth-order valence-electron chi connectivity index (χ4n) is 1.72. The van der Waals surface area contributed by atoms with Gasteiger partial charge in [-0.05, 0) is 0 Å². The number of nitrogens with zero attached hydrogens (tertiary/aromatic N) is 3. The van der Waals surface area contributed by atoms with E-state index in [1.807, 2.05) is 25.0 Å². The first-order valence-electron chi connectivity index (χ1n) is 5.71. The van der Waals surface area contributed by atoms with Crippen molar-refractivity contribution in [2.45, 2.75) is 36.0 Å². The number of aryl methyl sites for hydroxylation is 1. The zero-order valence-electron chi connectivity index (χ0n) is 10.3. The summed E-state index contributed by atoms with van der Waals surface area (Å²) >= 11 is 3.70. The van der Waals surface area contributed by atoms with Crippen LogP contribution in [0.4, 0.5) is 0 Å². The van der Waals surface area contributed by atoms with Gasteiger partial charge in [-0.1, -0.05) is 19.1 Å². The summed E-state index contributed by atoms with van der Waals surface area (Å²) in [7, 11) is 1.82. The van der Waals surface area contributed by atoms with E-state index in [1.165, 1.54) is 0 Å². The predicted molar refractivity (Wildman–Crippen MR) is 72.5 cm³/mol. The maximum absolute atomic E-state index is 12.1. The first-order chi connectivity index (χ1) is 8.06. The van der Waals surface area contributed by atoms with E-state index in [9.17, 15) is 4.79 Å². The summed E-state index contributed by atoms with van der Waals surface area (Å²) in [5, 5.41) is 9.11. The molecule has 94 valence electrons. The molecule has 17 heavy (non-hydrogen) atoms. The Hall–Kier alpha value is -0.490. The molecule has 4 nitrogen and oxygen atoms in total. The molecular formula is C11H17N3OS2. The van der Waals surface area contributed by atoms with E-state index in [2.05, 4.69) is 24.2 Å². The van der Waals surface area contributed by atoms with Gasteiger partial charge in [-0.2, -0.15) is 11.8 Å². The normalized spacial score (nSPS) is 29.2. The number of hydrogen-bond donors (Lipinski definition) is 0. The fraction of sp³-hybridized carbons (Fsp3) is 0.727. The van der Waals surface area contributed by atoms with Gasteiger partial charge in [-0.25, -0.2) is 0 Å². The van der Waals surface area contributed by atoms with Crippen molar-refractivity contribution in [2.75, 3.05) is 5.75 Å². The van der Waals surface area contributed by atoms with Gasteiger partial charge in [-0.15, -0.1) is 16.9 Å². The Morgan fingerprint density at radius 2 is 2.29 bits per heavy atom. The molecule has 1 aromatic heterocycles. The Morgan fingerprint density at radius 3 is 2.88 bits per heavy atom. The molecule has 1 aliphatic rings. The van der Waals surface area contributed by atoms with E-state index >= 15 is 0 Å². The molecule has 3 unspecified atom stereocenters. The molecule has 1 saturated heterocycles. The molecule has 1 aromatic rings. The smallest absolute Gasteiger partial charge is 0.152 e. The molecule has 0 radical (unpaired) electrons. The molecule has 1 fully saturated rings. The lowest BCUT2D eigenvalue weighted by molar-refractivity contribution is -0.117. The summed E-state index contributed by atoms with van der Waals surface area (Å²) < 4.78 is 1.63. The number of aromatic nitrogens is 3. The second-order valence-corrected chi connectivity index (χ2v) is 7.39. The van der Waals surface area contributed by atoms with Crippen LogP contribution in [0, 0.1) is 0 Å². The first-order valence-corrected chi connectivity index (χ1v) is 7.70. The van der Waals surface area contributed by atoms with Gasteiger partial charge >= 0.3 is 0 Å². The van der Waals surface area contributed by atoms with Crippen LogP contribution in [-0.4, -0.2) is 42.3 Å². The zero-order chi connectivity index (χ0) is 12.4. The highest BCUT2D eigenvalue weighted by Crippen LogP contribution is 2.36. The van der Waals surface area contributed by atoms with Crippen molar-refractivity contribution in [1.29, 1.82) is 0 Å². The van der Waals surface area contributed by atoms with Gasteiger partial charge in [-0.3, -0.25) is 9.48 Å². The van der Waals surface area contributed by atoms with Crippen LogP contribution in [0.3, 0.4) is 0 Å². The average molecular weight is 271 g/mol. The molecule has 3 atom stereocenters. The SMILES string of the molecule is CC1SCC(C(=O)Cc2cn(C)nn2)SC1C. The van der Waals surface area contributed by atoms with Crippen LogP contribution in [0.2, 0.25) is 0 Å². The van der Waals surface area contributed by atoms with Gasteiger partial charge < -0.3 is 0 Å². The number of ketones is 1. The van der Waals surface area contributed by atoms with E-state index < -0.39 is 0 Å². The molecule has 0 spiro atoms. The van der Waals surface area contributed by atoms with Crippen molar-refractivity contribution >= 4 is 29.3 Å². The Balaban J connectivity index is 1.92. The van der Waals surface area contributed by atoms with E-state index in [0.29, 0.717) is 16.9 Å². The van der Waals surface area contributed by atoms with Crippen LogP contribution >= 0.6 is 23.5 Å². The highest BCUT2D eigenvalue weighted by Gasteiger charge is 2.30. The van der Waals surface area contributed by atoms with E-state index in [0.717, 1.165) is 11.4 Å². The van der Waals surface area contributed by atoms with E-state index in [1.54, 1.807) is 16.4 Å². The molecule has 0 N–H and O–H groups in total. The minimum atomic E-state index is 0.119. The summed E-state index contributed by atoms with van der Waals surface area (Å²) in [6, 6.07) is 0. The summed E-state index contributed by atoms with van der Waals surface area (Å²) in [6.07, 6.45) is 2.22. The second-order valence-electron chi connectivity index (χ2n) is 4.39. The molecule has 0 bridgehead atoms. The topological polar surface area (TPSA) is 47.8 Å². The van der Waals surface area contributed by atoms with Crippen molar-refractivity contribution in [2.24, 2.45) is 7.05 Å². The zero-order valence-corrected chi connectivity index (χ0v) is 11.9. The lowest BCUT2D eigenvalue weighted by atomic mass is 10.2. The third-order valence-electron chi connectivity index (χ3n) is 2.92. The van der Waals surface area contributed by atoms with Gasteiger partial charge in [0.25, 0.3) is 0 Å². The van der Waals surface area contributed by atoms with Crippen LogP contribution in [0.15, 0.2) is 6.20 Å². The van der Waals surface area contributed by atoms with Crippen molar-refractivity contribution in [3.63, 3.8) is 0 Å². The van der Waals surface area contributed by atoms with Crippen LogP contribution in [0.5, 0.6) is 0 Å². The lowest BCUT2D eigenvalue weighted by Crippen LogP contribution is -2.32. The van der Waals surface area contributed by atoms with Crippen LogP contribution in [0.25, 0.3) is 0 Å². The molecule has 0 aliphatic carbocycles. The van der Waals surface area contributed by atoms with Crippen LogP contribution in [-0.2, 0) is 18.3 Å². The minimum absolute atomic E-state index is 0.119. The second kappa shape index (κ2) is 5.44. The van der Waals surface area contributed by atoms with Gasteiger partial charge in [0.2, 0.25) is 0 Å². The summed E-state index contributed by atoms with van der Waals surface area (Å²) in [5.41, 5.74) is 0.773. The molecule has 6 heteroatoms. The Kier molecular flexibility index (Phi) is 4.14. The third-order valence-corrected chi connectivity index (χ3v) is 6.35.